The third-order valence-electron chi connectivity index (χ3n) is 8.96. The number of nitrogens with one attached hydrogen (secondary N) is 4. The molecule has 3 fully saturated rings. The fourth-order valence-corrected chi connectivity index (χ4v) is 6.18. The Morgan fingerprint density at radius 3 is 2.57 bits per heavy atom. The second kappa shape index (κ2) is 15.9. The Morgan fingerprint density at radius 1 is 1.18 bits per heavy atom. The lowest BCUT2D eigenvalue weighted by Crippen LogP contribution is -2.69. The van der Waals surface area contributed by atoms with Gasteiger partial charge in [-0.3, -0.25) is 4.79 Å². The van der Waals surface area contributed by atoms with Crippen molar-refractivity contribution in [1.29, 1.82) is 0 Å². The number of aliphatic hydroxyl groups is 4. The molecule has 16 nitrogen and oxygen atoms in total. The largest absolute Gasteiger partial charge is 0.467 e. The van der Waals surface area contributed by atoms with Crippen molar-refractivity contribution in [2.75, 3.05) is 46.4 Å². The van der Waals surface area contributed by atoms with Gasteiger partial charge in [-0.05, 0) is 71.3 Å². The van der Waals surface area contributed by atoms with Gasteiger partial charge in [-0.25, -0.2) is 0 Å². The van der Waals surface area contributed by atoms with Crippen LogP contribution in [0.1, 0.15) is 32.6 Å². The molecule has 0 spiro atoms. The first kappa shape index (κ1) is 35.3. The number of carbonyl (C=O) groups is 1. The number of aliphatic hydroxyl groups excluding tert-OH is 3. The summed E-state index contributed by atoms with van der Waals surface area (Å²) in [7, 11) is 1.58. The van der Waals surface area contributed by atoms with E-state index in [9.17, 15) is 25.2 Å². The molecule has 0 unspecified atom stereocenters. The minimum Gasteiger partial charge on any atom is -0.467 e. The summed E-state index contributed by atoms with van der Waals surface area (Å²) in [5.41, 5.74) is 16.8. The van der Waals surface area contributed by atoms with Crippen LogP contribution in [0.4, 0.5) is 0 Å². The predicted octanol–water partition coefficient (Wildman–Crippen LogP) is -4.74. The van der Waals surface area contributed by atoms with E-state index < -0.39 is 78.8 Å². The zero-order valence-electron chi connectivity index (χ0n) is 25.6. The van der Waals surface area contributed by atoms with Gasteiger partial charge < -0.3 is 77.8 Å². The van der Waals surface area contributed by atoms with E-state index in [1.54, 1.807) is 7.05 Å². The zero-order chi connectivity index (χ0) is 32.0. The average molecular weight is 632 g/mol. The number of hydrogen-bond acceptors (Lipinski definition) is 15. The van der Waals surface area contributed by atoms with E-state index in [0.29, 0.717) is 18.7 Å². The lowest BCUT2D eigenvalue weighted by molar-refractivity contribution is -0.304. The third-order valence-corrected chi connectivity index (χ3v) is 8.96. The quantitative estimate of drug-likeness (QED) is 0.0804. The molecule has 0 aromatic heterocycles. The summed E-state index contributed by atoms with van der Waals surface area (Å²) in [6.07, 6.45) is -3.95. The number of rotatable bonds is 14. The van der Waals surface area contributed by atoms with Crippen molar-refractivity contribution >= 4 is 5.91 Å². The summed E-state index contributed by atoms with van der Waals surface area (Å²) in [6.45, 7) is 4.56. The van der Waals surface area contributed by atoms with Gasteiger partial charge in [0.1, 0.15) is 41.9 Å². The molecule has 0 radical (unpaired) electrons. The van der Waals surface area contributed by atoms with E-state index in [1.165, 1.54) is 13.3 Å². The van der Waals surface area contributed by atoms with Crippen molar-refractivity contribution in [3.05, 3.63) is 11.8 Å². The number of hydrogen-bond donors (Lipinski definition) is 11. The smallest absolute Gasteiger partial charge is 0.250 e. The van der Waals surface area contributed by atoms with Crippen LogP contribution in [0.15, 0.2) is 11.8 Å². The molecule has 44 heavy (non-hydrogen) atoms. The SMILES string of the molecule is CN[C@@H]1[C@@H](O)[C@@H](O[C@@H]2[C@@H](O)[C@H](O[C@H]3OC(CNCCCC4CNC4)=CC[C@H]3N)[C@@H](N)C[C@H]2NC(=O)[C@@H](O)CN)OC[C@]1(C)O. The van der Waals surface area contributed by atoms with Crippen molar-refractivity contribution in [2.24, 2.45) is 23.1 Å². The number of nitrogens with two attached hydrogens (primary N) is 3. The van der Waals surface area contributed by atoms with Gasteiger partial charge in [0.15, 0.2) is 6.29 Å². The van der Waals surface area contributed by atoms with Crippen LogP contribution in [-0.2, 0) is 23.7 Å². The van der Waals surface area contributed by atoms with Crippen LogP contribution in [0.3, 0.4) is 0 Å². The second-order valence-corrected chi connectivity index (χ2v) is 12.7. The highest BCUT2D eigenvalue weighted by atomic mass is 16.7. The van der Waals surface area contributed by atoms with Crippen LogP contribution >= 0.6 is 0 Å². The molecule has 14 N–H and O–H groups in total. The van der Waals surface area contributed by atoms with Gasteiger partial charge in [-0.1, -0.05) is 0 Å². The Balaban J connectivity index is 1.41. The lowest BCUT2D eigenvalue weighted by Gasteiger charge is -2.48. The molecule has 12 atom stereocenters. The predicted molar refractivity (Wildman–Crippen MR) is 159 cm³/mol. The Labute approximate surface area is 258 Å². The van der Waals surface area contributed by atoms with Gasteiger partial charge in [0, 0.05) is 12.6 Å². The molecule has 16 heteroatoms. The standard InChI is InChI=1S/C28H53N7O9/c1-28(40)13-41-27(21(38)24(28)32-2)44-23-18(35-25(39)19(36)9-29)8-17(31)22(20(23)37)43-26-16(30)6-5-15(42-26)12-33-7-3-4-14-10-34-11-14/h5,14,16-24,26-27,32-34,36-38,40H,3-4,6-13,29-31H2,1-2H3,(H,35,39)/t16-,17+,18-,19+,20+,21-,22-,23+,24-,26-,27-,28+/m1/s1. The minimum atomic E-state index is -1.49. The first-order valence-corrected chi connectivity index (χ1v) is 15.6. The summed E-state index contributed by atoms with van der Waals surface area (Å²) < 4.78 is 24.0. The molecule has 254 valence electrons. The second-order valence-electron chi connectivity index (χ2n) is 12.7. The molecule has 1 saturated carbocycles. The number of ether oxygens (including phenoxy) is 4. The average Bonchev–Trinajstić information content (AvgIpc) is 2.95. The molecule has 3 heterocycles. The maximum Gasteiger partial charge on any atom is 0.250 e. The van der Waals surface area contributed by atoms with Crippen LogP contribution < -0.4 is 38.5 Å². The monoisotopic (exact) mass is 631 g/mol. The normalized spacial score (nSPS) is 40.4. The maximum atomic E-state index is 12.6. The number of amides is 1. The summed E-state index contributed by atoms with van der Waals surface area (Å²) in [6, 6.07) is -3.04. The maximum absolute atomic E-state index is 12.6. The van der Waals surface area contributed by atoms with E-state index in [2.05, 4.69) is 21.3 Å². The molecular formula is C28H53N7O9. The van der Waals surface area contributed by atoms with Crippen LogP contribution in [0.5, 0.6) is 0 Å². The Bertz CT molecular complexity index is 958. The highest BCUT2D eigenvalue weighted by Crippen LogP contribution is 2.32. The Hall–Kier alpha value is -1.51. The van der Waals surface area contributed by atoms with Crippen molar-refractivity contribution in [2.45, 2.75) is 105 Å². The van der Waals surface area contributed by atoms with E-state index in [4.69, 9.17) is 36.1 Å². The number of carbonyl (C=O) groups excluding carboxylic acids is 1. The summed E-state index contributed by atoms with van der Waals surface area (Å²) in [5, 5.41) is 55.3. The first-order valence-electron chi connectivity index (χ1n) is 15.6. The third kappa shape index (κ3) is 8.64. The van der Waals surface area contributed by atoms with Crippen molar-refractivity contribution in [3.8, 4) is 0 Å². The zero-order valence-corrected chi connectivity index (χ0v) is 25.6. The van der Waals surface area contributed by atoms with Gasteiger partial charge in [0.05, 0.1) is 31.3 Å². The van der Waals surface area contributed by atoms with E-state index >= 15 is 0 Å². The summed E-state index contributed by atoms with van der Waals surface area (Å²) >= 11 is 0. The van der Waals surface area contributed by atoms with Crippen LogP contribution in [0.2, 0.25) is 0 Å². The highest BCUT2D eigenvalue weighted by Gasteiger charge is 2.52. The fourth-order valence-electron chi connectivity index (χ4n) is 6.18. The molecule has 0 aromatic rings. The molecule has 4 aliphatic rings. The minimum absolute atomic E-state index is 0.0775. The first-order chi connectivity index (χ1) is 20.9. The van der Waals surface area contributed by atoms with Crippen LogP contribution in [0, 0.1) is 5.92 Å². The van der Waals surface area contributed by atoms with Gasteiger partial charge in [0.2, 0.25) is 12.2 Å². The van der Waals surface area contributed by atoms with Crippen molar-refractivity contribution in [1.82, 2.24) is 21.3 Å². The van der Waals surface area contributed by atoms with Crippen LogP contribution in [0.25, 0.3) is 0 Å². The van der Waals surface area contributed by atoms with Gasteiger partial charge in [-0.15, -0.1) is 0 Å². The molecule has 1 aliphatic carbocycles. The molecule has 3 aliphatic heterocycles. The summed E-state index contributed by atoms with van der Waals surface area (Å²) in [5.74, 6) is 0.664. The van der Waals surface area contributed by atoms with Crippen molar-refractivity contribution < 1.29 is 44.2 Å². The number of likely N-dealkylation sites (N-methyl/N-ethyl adjacent to an activating group) is 1. The van der Waals surface area contributed by atoms with Gasteiger partial charge >= 0.3 is 0 Å². The van der Waals surface area contributed by atoms with Crippen LogP contribution in [-0.4, -0.2) is 146 Å². The van der Waals surface area contributed by atoms with Crippen molar-refractivity contribution in [3.63, 3.8) is 0 Å². The summed E-state index contributed by atoms with van der Waals surface area (Å²) in [4.78, 5) is 12.6. The molecular weight excluding hydrogens is 578 g/mol. The van der Waals surface area contributed by atoms with E-state index in [0.717, 1.165) is 32.0 Å². The lowest BCUT2D eigenvalue weighted by atomic mass is 9.83. The fraction of sp³-hybridized carbons (Fsp3) is 0.893. The van der Waals surface area contributed by atoms with Gasteiger partial charge in [-0.2, -0.15) is 0 Å². The molecule has 0 bridgehead atoms. The Morgan fingerprint density at radius 2 is 1.91 bits per heavy atom. The van der Waals surface area contributed by atoms with E-state index in [-0.39, 0.29) is 19.6 Å². The topological polar surface area (TPSA) is 261 Å². The van der Waals surface area contributed by atoms with E-state index in [1.807, 2.05) is 6.08 Å². The molecule has 0 aromatic carbocycles. The molecule has 4 rings (SSSR count). The van der Waals surface area contributed by atoms with Gasteiger partial charge in [0.25, 0.3) is 0 Å². The molecule has 2 saturated heterocycles. The Kier molecular flexibility index (Phi) is 12.7. The molecule has 1 amide bonds. The highest BCUT2D eigenvalue weighted by molar-refractivity contribution is 5.81.